The van der Waals surface area contributed by atoms with Crippen LogP contribution in [-0.2, 0) is 37.5 Å². The van der Waals surface area contributed by atoms with E-state index in [4.69, 9.17) is 4.74 Å². The first kappa shape index (κ1) is 48.5. The summed E-state index contributed by atoms with van der Waals surface area (Å²) in [5, 5.41) is 25.0. The average molecular weight is 960 g/mol. The number of hydrogen-bond donors (Lipinski definition) is 4. The Morgan fingerprint density at radius 3 is 1.45 bits per heavy atom. The second-order valence-electron chi connectivity index (χ2n) is 19.3. The van der Waals surface area contributed by atoms with Crippen LogP contribution in [0.2, 0.25) is 0 Å². The lowest BCUT2D eigenvalue weighted by Crippen LogP contribution is -2.50. The molecule has 3 aromatic carbocycles. The van der Waals surface area contributed by atoms with Crippen molar-refractivity contribution in [1.29, 1.82) is 0 Å². The summed E-state index contributed by atoms with van der Waals surface area (Å²) in [5.41, 5.74) is 6.16. The van der Waals surface area contributed by atoms with Gasteiger partial charge in [0.1, 0.15) is 22.7 Å². The van der Waals surface area contributed by atoms with Gasteiger partial charge in [-0.25, -0.2) is 19.7 Å². The summed E-state index contributed by atoms with van der Waals surface area (Å²) in [5.74, 6) is 0. The van der Waals surface area contributed by atoms with Gasteiger partial charge in [0.05, 0.1) is 96.7 Å². The Morgan fingerprint density at radius 2 is 1.01 bits per heavy atom. The molecule has 5 aliphatic heterocycles. The summed E-state index contributed by atoms with van der Waals surface area (Å²) >= 11 is 0. The molecule has 8 heterocycles. The van der Waals surface area contributed by atoms with E-state index in [0.717, 1.165) is 46.9 Å². The molecule has 0 atom stereocenters. The van der Waals surface area contributed by atoms with Crippen molar-refractivity contribution in [3.8, 4) is 0 Å². The van der Waals surface area contributed by atoms with E-state index in [0.29, 0.717) is 85.6 Å². The van der Waals surface area contributed by atoms with Gasteiger partial charge in [-0.1, -0.05) is 91.0 Å². The number of likely N-dealkylation sites (tertiary alicyclic amines) is 1. The predicted molar refractivity (Wildman–Crippen MR) is 268 cm³/mol. The van der Waals surface area contributed by atoms with Crippen LogP contribution in [0.15, 0.2) is 139 Å². The molecule has 11 rings (SSSR count). The Bertz CT molecular complexity index is 3180. The molecule has 0 unspecified atom stereocenters. The number of piperidine rings is 2. The smallest absolute Gasteiger partial charge is 0.410 e. The van der Waals surface area contributed by atoms with Gasteiger partial charge in [0.25, 0.3) is 16.7 Å². The fraction of sp³-hybridized carbons (Fsp3) is 0.358. The van der Waals surface area contributed by atoms with Gasteiger partial charge in [-0.2, -0.15) is 0 Å². The Morgan fingerprint density at radius 1 is 0.606 bits per heavy atom. The van der Waals surface area contributed by atoms with Crippen LogP contribution in [0.1, 0.15) is 96.9 Å². The number of aromatic nitrogens is 6. The normalized spacial score (nSPS) is 17.2. The first-order valence-electron chi connectivity index (χ1n) is 23.8. The Hall–Kier alpha value is -7.54. The van der Waals surface area contributed by atoms with Crippen molar-refractivity contribution in [1.82, 2.24) is 39.3 Å². The minimum atomic E-state index is -1.08. The lowest BCUT2D eigenvalue weighted by Gasteiger charge is -2.38. The molecule has 366 valence electrons. The maximum atomic E-state index is 13.0. The number of carbonyl (C=O) groups is 1. The minimum absolute atomic E-state index is 0.0957. The number of aliphatic hydroxyl groups is 2. The van der Waals surface area contributed by atoms with Crippen molar-refractivity contribution in [2.24, 2.45) is 15.0 Å². The molecule has 2 fully saturated rings. The van der Waals surface area contributed by atoms with E-state index >= 15 is 0 Å². The number of nitrogens with one attached hydrogen (secondary N) is 2. The van der Waals surface area contributed by atoms with Crippen LogP contribution in [0.5, 0.6) is 0 Å². The number of rotatable bonds is 7. The lowest BCUT2D eigenvalue weighted by molar-refractivity contribution is -0.0421. The highest BCUT2D eigenvalue weighted by atomic mass is 16.6. The maximum absolute atomic E-state index is 13.0. The molecule has 1 amide bonds. The van der Waals surface area contributed by atoms with Gasteiger partial charge in [0.15, 0.2) is 0 Å². The van der Waals surface area contributed by atoms with E-state index in [1.165, 1.54) is 21.8 Å². The topological polar surface area (TPSA) is 235 Å². The molecule has 4 N–H and O–H groups in total. The van der Waals surface area contributed by atoms with Crippen LogP contribution < -0.4 is 22.0 Å². The van der Waals surface area contributed by atoms with E-state index in [1.54, 1.807) is 11.2 Å². The third-order valence-corrected chi connectivity index (χ3v) is 13.0. The Balaban J connectivity index is 0.000000138. The third-order valence-electron chi connectivity index (χ3n) is 13.0. The summed E-state index contributed by atoms with van der Waals surface area (Å²) < 4.78 is 8.41. The number of amides is 1. The summed E-state index contributed by atoms with van der Waals surface area (Å²) in [6, 6.07) is 29.2. The van der Waals surface area contributed by atoms with Crippen LogP contribution in [0.4, 0.5) is 4.79 Å². The highest BCUT2D eigenvalue weighted by Crippen LogP contribution is 2.27. The first-order chi connectivity index (χ1) is 34.2. The molecule has 18 heteroatoms. The number of nitrogens with zero attached hydrogens (tertiary/aromatic N) is 9. The fourth-order valence-electron chi connectivity index (χ4n) is 9.21. The van der Waals surface area contributed by atoms with E-state index in [2.05, 4.69) is 40.2 Å². The van der Waals surface area contributed by atoms with E-state index in [1.807, 2.05) is 112 Å². The highest BCUT2D eigenvalue weighted by molar-refractivity contribution is 6.15. The maximum Gasteiger partial charge on any atom is 0.410 e. The molecule has 6 aromatic rings. The standard InChI is InChI=1S/C23H28N4O4.C18H20N4O2.C12H9N3O/c1-22(2,3)31-21(29)26-11-9-23(30,10-12-26)14-27-15-25-19-17(20(27)28)13-24-18(19)16-7-5-4-6-8-16;23-17-14-10-20-15(13-4-2-1-3-5-13)16(14)21-12-22(17)11-18(24)6-8-19-9-7-18;16-12-9-6-13-10(11(9)14-7-15-12)8-4-2-1-3-5-8/h4-8,15,30H,9-14H2,1-3H3;1-5,12,19,24H,6-11H2;1-5,7H,6H2,(H,14,15,16). The monoisotopic (exact) mass is 959 g/mol. The lowest BCUT2D eigenvalue weighted by atomic mass is 9.91. The molecule has 3 aromatic heterocycles. The second kappa shape index (κ2) is 20.4. The number of hydrogen-bond acceptors (Lipinski definition) is 14. The van der Waals surface area contributed by atoms with Crippen molar-refractivity contribution in [3.63, 3.8) is 0 Å². The number of aromatic amines is 1. The van der Waals surface area contributed by atoms with E-state index in [-0.39, 0.29) is 42.4 Å². The summed E-state index contributed by atoms with van der Waals surface area (Å²) in [4.78, 5) is 80.3. The summed E-state index contributed by atoms with van der Waals surface area (Å²) in [6.07, 6.45) is 6.09. The van der Waals surface area contributed by atoms with Crippen LogP contribution >= 0.6 is 0 Å². The molecular formula is C53H57N11O7. The van der Waals surface area contributed by atoms with Crippen molar-refractivity contribution in [2.75, 3.05) is 26.2 Å². The van der Waals surface area contributed by atoms with Gasteiger partial charge >= 0.3 is 6.09 Å². The summed E-state index contributed by atoms with van der Waals surface area (Å²) in [7, 11) is 0. The van der Waals surface area contributed by atoms with E-state index < -0.39 is 16.8 Å². The second-order valence-corrected chi connectivity index (χ2v) is 19.3. The average Bonchev–Trinajstić information content (AvgIpc) is 4.13. The zero-order valence-corrected chi connectivity index (χ0v) is 40.0. The zero-order chi connectivity index (χ0) is 49.8. The largest absolute Gasteiger partial charge is 0.444 e. The van der Waals surface area contributed by atoms with Gasteiger partial charge < -0.3 is 30.2 Å². The predicted octanol–water partition coefficient (Wildman–Crippen LogP) is 4.19. The first-order valence-corrected chi connectivity index (χ1v) is 23.8. The number of carbonyl (C=O) groups excluding carboxylic acids is 1. The Labute approximate surface area is 409 Å². The van der Waals surface area contributed by atoms with Crippen LogP contribution in [0.25, 0.3) is 0 Å². The SMILES string of the molecule is CC(C)(C)OC(=O)N1CCC(O)(Cn2cnc3c(c2=O)CN=C3c2ccccc2)CC1.O=c1[nH]cnc2c1CN=C2c1ccccc1.O=c1c2c(ncn1CC1(O)CCNCC1)C(c1ccccc1)=NC2. The molecule has 0 aliphatic carbocycles. The minimum Gasteiger partial charge on any atom is -0.444 e. The molecule has 0 radical (unpaired) electrons. The van der Waals surface area contributed by atoms with Gasteiger partial charge in [0, 0.05) is 29.8 Å². The number of H-pyrrole nitrogens is 1. The Kier molecular flexibility index (Phi) is 14.0. The molecule has 71 heavy (non-hydrogen) atoms. The highest BCUT2D eigenvalue weighted by Gasteiger charge is 2.37. The fourth-order valence-corrected chi connectivity index (χ4v) is 9.21. The zero-order valence-electron chi connectivity index (χ0n) is 40.0. The molecule has 0 bridgehead atoms. The number of benzene rings is 3. The number of aliphatic imine (C=N–C) groups is 3. The quantitative estimate of drug-likeness (QED) is 0.177. The molecule has 5 aliphatic rings. The van der Waals surface area contributed by atoms with Crippen molar-refractivity contribution in [3.05, 3.63) is 192 Å². The molecule has 0 spiro atoms. The number of fused-ring (bicyclic) bond motifs is 3. The van der Waals surface area contributed by atoms with Crippen LogP contribution in [-0.4, -0.2) is 110 Å². The molecule has 0 saturated carbocycles. The van der Waals surface area contributed by atoms with Crippen molar-refractivity contribution >= 4 is 23.2 Å². The molecule has 18 nitrogen and oxygen atoms in total. The number of ether oxygens (including phenoxy) is 1. The van der Waals surface area contributed by atoms with Crippen LogP contribution in [0.3, 0.4) is 0 Å². The van der Waals surface area contributed by atoms with Crippen molar-refractivity contribution < 1.29 is 19.7 Å². The third kappa shape index (κ3) is 10.9. The van der Waals surface area contributed by atoms with Gasteiger partial charge in [-0.3, -0.25) is 38.5 Å². The van der Waals surface area contributed by atoms with Crippen molar-refractivity contribution in [2.45, 2.75) is 96.0 Å². The van der Waals surface area contributed by atoms with Gasteiger partial charge in [-0.15, -0.1) is 0 Å². The summed E-state index contributed by atoms with van der Waals surface area (Å²) in [6.45, 7) is 9.24. The van der Waals surface area contributed by atoms with Crippen LogP contribution in [0, 0.1) is 0 Å². The van der Waals surface area contributed by atoms with Gasteiger partial charge in [-0.05, 0) is 59.5 Å². The molecular weight excluding hydrogens is 903 g/mol. The molecule has 2 saturated heterocycles. The van der Waals surface area contributed by atoms with Gasteiger partial charge in [0.2, 0.25) is 0 Å². The van der Waals surface area contributed by atoms with E-state index in [9.17, 15) is 29.4 Å².